The van der Waals surface area contributed by atoms with Crippen molar-refractivity contribution < 1.29 is 4.42 Å². The van der Waals surface area contributed by atoms with Crippen molar-refractivity contribution in [3.8, 4) is 11.3 Å². The molecule has 2 aromatic rings. The summed E-state index contributed by atoms with van der Waals surface area (Å²) in [4.78, 5) is 4.22. The van der Waals surface area contributed by atoms with Crippen molar-refractivity contribution in [2.24, 2.45) is 0 Å². The van der Waals surface area contributed by atoms with Gasteiger partial charge >= 0.3 is 0 Å². The van der Waals surface area contributed by atoms with Crippen molar-refractivity contribution in [1.82, 2.24) is 10.3 Å². The van der Waals surface area contributed by atoms with Crippen LogP contribution < -0.4 is 5.32 Å². The summed E-state index contributed by atoms with van der Waals surface area (Å²) in [5.41, 5.74) is 3.59. The van der Waals surface area contributed by atoms with Gasteiger partial charge in [-0.2, -0.15) is 0 Å². The molecule has 1 aromatic carbocycles. The Balaban J connectivity index is 2.35. The average Bonchev–Trinajstić information content (AvgIpc) is 2.67. The summed E-state index contributed by atoms with van der Waals surface area (Å²) in [7, 11) is 1.88. The number of oxazole rings is 1. The van der Waals surface area contributed by atoms with Crippen molar-refractivity contribution in [3.63, 3.8) is 0 Å². The van der Waals surface area contributed by atoms with Crippen molar-refractivity contribution in [2.45, 2.75) is 20.4 Å². The summed E-state index contributed by atoms with van der Waals surface area (Å²) in [5, 5.41) is 3.02. The number of nitrogens with one attached hydrogen (secondary N) is 1. The van der Waals surface area contributed by atoms with Crippen LogP contribution in [0.3, 0.4) is 0 Å². The van der Waals surface area contributed by atoms with Crippen molar-refractivity contribution in [1.29, 1.82) is 0 Å². The van der Waals surface area contributed by atoms with Gasteiger partial charge in [0.15, 0.2) is 5.76 Å². The molecule has 3 heteroatoms. The highest BCUT2D eigenvalue weighted by atomic mass is 16.4. The fourth-order valence-corrected chi connectivity index (χ4v) is 1.76. The van der Waals surface area contributed by atoms with Gasteiger partial charge in [0.05, 0.1) is 12.7 Å². The summed E-state index contributed by atoms with van der Waals surface area (Å²) < 4.78 is 5.66. The van der Waals surface area contributed by atoms with Gasteiger partial charge in [-0.1, -0.05) is 23.8 Å². The van der Waals surface area contributed by atoms with Crippen LogP contribution in [0.1, 0.15) is 17.0 Å². The molecule has 0 fully saturated rings. The first-order chi connectivity index (χ1) is 7.70. The molecule has 1 N–H and O–H groups in total. The molecule has 0 saturated heterocycles. The van der Waals surface area contributed by atoms with Crippen molar-refractivity contribution in [3.05, 3.63) is 41.4 Å². The minimum absolute atomic E-state index is 0.658. The Hall–Kier alpha value is -1.61. The molecule has 0 aliphatic heterocycles. The topological polar surface area (TPSA) is 38.1 Å². The van der Waals surface area contributed by atoms with E-state index in [4.69, 9.17) is 4.42 Å². The molecule has 0 amide bonds. The third-order valence-corrected chi connectivity index (χ3v) is 2.53. The van der Waals surface area contributed by atoms with Crippen LogP contribution in [-0.2, 0) is 6.54 Å². The Labute approximate surface area is 95.5 Å². The first-order valence-corrected chi connectivity index (χ1v) is 5.37. The Morgan fingerprint density at radius 3 is 2.81 bits per heavy atom. The zero-order chi connectivity index (χ0) is 11.5. The number of aryl methyl sites for hydroxylation is 2. The quantitative estimate of drug-likeness (QED) is 0.857. The summed E-state index contributed by atoms with van der Waals surface area (Å²) in [6, 6.07) is 6.31. The van der Waals surface area contributed by atoms with E-state index in [0.717, 1.165) is 17.2 Å². The normalized spacial score (nSPS) is 10.7. The van der Waals surface area contributed by atoms with E-state index in [-0.39, 0.29) is 0 Å². The molecule has 0 aliphatic rings. The molecule has 0 atom stereocenters. The van der Waals surface area contributed by atoms with Crippen LogP contribution in [-0.4, -0.2) is 12.0 Å². The first kappa shape index (κ1) is 10.9. The number of rotatable bonds is 3. The number of hydrogen-bond acceptors (Lipinski definition) is 3. The molecule has 0 aliphatic carbocycles. The molecule has 2 rings (SSSR count). The molecule has 0 bridgehead atoms. The van der Waals surface area contributed by atoms with E-state index in [0.29, 0.717) is 6.54 Å². The van der Waals surface area contributed by atoms with Gasteiger partial charge in [0.1, 0.15) is 0 Å². The molecule has 1 aromatic heterocycles. The molecule has 1 heterocycles. The molecule has 0 saturated carbocycles. The third-order valence-electron chi connectivity index (χ3n) is 2.53. The highest BCUT2D eigenvalue weighted by molar-refractivity contribution is 5.61. The fraction of sp³-hybridized carbons (Fsp3) is 0.308. The molecular weight excluding hydrogens is 200 g/mol. The van der Waals surface area contributed by atoms with E-state index < -0.39 is 0 Å². The standard InChI is InChI=1S/C13H16N2O/c1-9-4-5-11(10(2)6-9)12-7-15-13(16-12)8-14-3/h4-7,14H,8H2,1-3H3. The second-order valence-electron chi connectivity index (χ2n) is 3.97. The minimum Gasteiger partial charge on any atom is -0.439 e. The van der Waals surface area contributed by atoms with Gasteiger partial charge in [-0.05, 0) is 26.5 Å². The molecule has 84 valence electrons. The van der Waals surface area contributed by atoms with Crippen LogP contribution in [0.15, 0.2) is 28.8 Å². The smallest absolute Gasteiger partial charge is 0.208 e. The van der Waals surface area contributed by atoms with E-state index >= 15 is 0 Å². The van der Waals surface area contributed by atoms with Crippen molar-refractivity contribution >= 4 is 0 Å². The van der Waals surface area contributed by atoms with Crippen molar-refractivity contribution in [2.75, 3.05) is 7.05 Å². The summed E-state index contributed by atoms with van der Waals surface area (Å²) in [5.74, 6) is 1.56. The van der Waals surface area contributed by atoms with Crippen LogP contribution in [0.25, 0.3) is 11.3 Å². The van der Waals surface area contributed by atoms with E-state index in [2.05, 4.69) is 42.3 Å². The molecule has 3 nitrogen and oxygen atoms in total. The molecule has 16 heavy (non-hydrogen) atoms. The van der Waals surface area contributed by atoms with E-state index in [9.17, 15) is 0 Å². The lowest BCUT2D eigenvalue weighted by Crippen LogP contribution is -2.04. The second-order valence-corrected chi connectivity index (χ2v) is 3.97. The number of benzene rings is 1. The van der Waals surface area contributed by atoms with Gasteiger partial charge < -0.3 is 9.73 Å². The van der Waals surface area contributed by atoms with Gasteiger partial charge in [0, 0.05) is 5.56 Å². The highest BCUT2D eigenvalue weighted by Crippen LogP contribution is 2.24. The predicted octanol–water partition coefficient (Wildman–Crippen LogP) is 2.68. The maximum atomic E-state index is 5.66. The Kier molecular flexibility index (Phi) is 3.06. The third kappa shape index (κ3) is 2.14. The SMILES string of the molecule is CNCc1ncc(-c2ccc(C)cc2C)o1. The molecule has 0 spiro atoms. The molecule has 0 unspecified atom stereocenters. The lowest BCUT2D eigenvalue weighted by Gasteiger charge is -2.02. The van der Waals surface area contributed by atoms with E-state index in [1.165, 1.54) is 11.1 Å². The lowest BCUT2D eigenvalue weighted by molar-refractivity contribution is 0.490. The molecule has 0 radical (unpaired) electrons. The second kappa shape index (κ2) is 4.49. The van der Waals surface area contributed by atoms with Crippen LogP contribution in [0, 0.1) is 13.8 Å². The molecular formula is C13H16N2O. The lowest BCUT2D eigenvalue weighted by atomic mass is 10.0. The fourth-order valence-electron chi connectivity index (χ4n) is 1.76. The van der Waals surface area contributed by atoms with Gasteiger partial charge in [0.25, 0.3) is 0 Å². The van der Waals surface area contributed by atoms with Crippen LogP contribution >= 0.6 is 0 Å². The van der Waals surface area contributed by atoms with Gasteiger partial charge in [0.2, 0.25) is 5.89 Å². The van der Waals surface area contributed by atoms with Gasteiger partial charge in [-0.3, -0.25) is 0 Å². The zero-order valence-corrected chi connectivity index (χ0v) is 9.87. The van der Waals surface area contributed by atoms with Crippen LogP contribution in [0.5, 0.6) is 0 Å². The number of aromatic nitrogens is 1. The monoisotopic (exact) mass is 216 g/mol. The summed E-state index contributed by atoms with van der Waals surface area (Å²) in [6.45, 7) is 4.83. The largest absolute Gasteiger partial charge is 0.439 e. The first-order valence-electron chi connectivity index (χ1n) is 5.37. The average molecular weight is 216 g/mol. The maximum Gasteiger partial charge on any atom is 0.208 e. The van der Waals surface area contributed by atoms with Gasteiger partial charge in [-0.25, -0.2) is 4.98 Å². The Bertz CT molecular complexity index is 488. The number of hydrogen-bond donors (Lipinski definition) is 1. The summed E-state index contributed by atoms with van der Waals surface area (Å²) >= 11 is 0. The van der Waals surface area contributed by atoms with Crippen LogP contribution in [0.4, 0.5) is 0 Å². The predicted molar refractivity (Wildman–Crippen MR) is 64.2 cm³/mol. The summed E-state index contributed by atoms with van der Waals surface area (Å²) in [6.07, 6.45) is 1.78. The van der Waals surface area contributed by atoms with E-state index in [1.54, 1.807) is 6.20 Å². The maximum absolute atomic E-state index is 5.66. The highest BCUT2D eigenvalue weighted by Gasteiger charge is 2.08. The van der Waals surface area contributed by atoms with Crippen LogP contribution in [0.2, 0.25) is 0 Å². The van der Waals surface area contributed by atoms with E-state index in [1.807, 2.05) is 7.05 Å². The minimum atomic E-state index is 0.658. The Morgan fingerprint density at radius 2 is 2.12 bits per heavy atom. The zero-order valence-electron chi connectivity index (χ0n) is 9.87. The Morgan fingerprint density at radius 1 is 1.31 bits per heavy atom. The number of nitrogens with zero attached hydrogens (tertiary/aromatic N) is 1. The van der Waals surface area contributed by atoms with Gasteiger partial charge in [-0.15, -0.1) is 0 Å².